The van der Waals surface area contributed by atoms with Crippen LogP contribution < -0.4 is 5.73 Å². The van der Waals surface area contributed by atoms with Crippen LogP contribution in [-0.2, 0) is 9.53 Å². The van der Waals surface area contributed by atoms with E-state index in [1.165, 1.54) is 7.11 Å². The van der Waals surface area contributed by atoms with E-state index in [1.807, 2.05) is 0 Å². The Kier molecular flexibility index (Phi) is 1.27. The molecule has 2 aliphatic carbocycles. The van der Waals surface area contributed by atoms with Gasteiger partial charge in [0.1, 0.15) is 0 Å². The van der Waals surface area contributed by atoms with Crippen LogP contribution >= 0.6 is 0 Å². The van der Waals surface area contributed by atoms with Crippen molar-refractivity contribution in [2.24, 2.45) is 17.1 Å². The van der Waals surface area contributed by atoms with Gasteiger partial charge in [-0.2, -0.15) is 0 Å². The Morgan fingerprint density at radius 2 is 2.45 bits per heavy atom. The van der Waals surface area contributed by atoms with Crippen molar-refractivity contribution >= 4 is 5.97 Å². The van der Waals surface area contributed by atoms with Gasteiger partial charge >= 0.3 is 5.97 Å². The lowest BCUT2D eigenvalue weighted by Crippen LogP contribution is -2.43. The quantitative estimate of drug-likeness (QED) is 0.553. The average molecular weight is 155 g/mol. The molecule has 0 aromatic heterocycles. The van der Waals surface area contributed by atoms with Crippen molar-refractivity contribution in [3.05, 3.63) is 0 Å². The molecule has 2 aliphatic rings. The largest absolute Gasteiger partial charge is 0.469 e. The number of rotatable bonds is 1. The second-order valence-corrected chi connectivity index (χ2v) is 3.66. The van der Waals surface area contributed by atoms with E-state index in [9.17, 15) is 4.79 Å². The normalized spacial score (nSPS) is 46.7. The van der Waals surface area contributed by atoms with Crippen molar-refractivity contribution in [1.29, 1.82) is 0 Å². The highest BCUT2D eigenvalue weighted by atomic mass is 16.5. The number of nitrogens with two attached hydrogens (primary N) is 1. The molecular weight excluding hydrogens is 142 g/mol. The summed E-state index contributed by atoms with van der Waals surface area (Å²) in [5.74, 6) is 0.0522. The number of ether oxygens (including phenoxy) is 1. The molecule has 0 aromatic carbocycles. The minimum atomic E-state index is -0.0693. The summed E-state index contributed by atoms with van der Waals surface area (Å²) in [6, 6.07) is 0.256. The molecule has 1 spiro atoms. The Morgan fingerprint density at radius 3 is 2.73 bits per heavy atom. The molecule has 3 atom stereocenters. The molecule has 0 heterocycles. The van der Waals surface area contributed by atoms with Crippen LogP contribution in [-0.4, -0.2) is 19.1 Å². The van der Waals surface area contributed by atoms with Crippen molar-refractivity contribution in [2.45, 2.75) is 25.3 Å². The highest BCUT2D eigenvalue weighted by Gasteiger charge is 2.66. The van der Waals surface area contributed by atoms with E-state index >= 15 is 0 Å². The predicted octanol–water partition coefficient (Wildman–Crippen LogP) is 0.287. The van der Waals surface area contributed by atoms with Crippen LogP contribution in [0.1, 0.15) is 19.3 Å². The SMILES string of the molecule is COC(=O)C1CC12CCC2N. The van der Waals surface area contributed by atoms with E-state index in [4.69, 9.17) is 5.73 Å². The highest BCUT2D eigenvalue weighted by Crippen LogP contribution is 2.64. The van der Waals surface area contributed by atoms with Gasteiger partial charge in [-0.25, -0.2) is 0 Å². The molecule has 62 valence electrons. The molecule has 0 amide bonds. The van der Waals surface area contributed by atoms with E-state index in [2.05, 4.69) is 4.74 Å². The monoisotopic (exact) mass is 155 g/mol. The number of hydrogen-bond acceptors (Lipinski definition) is 3. The molecule has 2 rings (SSSR count). The van der Waals surface area contributed by atoms with E-state index in [-0.39, 0.29) is 23.3 Å². The fourth-order valence-electron chi connectivity index (χ4n) is 2.15. The van der Waals surface area contributed by atoms with Gasteiger partial charge in [0.2, 0.25) is 0 Å². The predicted molar refractivity (Wildman–Crippen MR) is 39.8 cm³/mol. The number of hydrogen-bond donors (Lipinski definition) is 1. The smallest absolute Gasteiger partial charge is 0.309 e. The molecular formula is C8H13NO2. The van der Waals surface area contributed by atoms with E-state index < -0.39 is 0 Å². The van der Waals surface area contributed by atoms with Crippen LogP contribution in [0.4, 0.5) is 0 Å². The summed E-state index contributed by atoms with van der Waals surface area (Å²) in [7, 11) is 1.44. The van der Waals surface area contributed by atoms with Crippen LogP contribution in [0.25, 0.3) is 0 Å². The summed E-state index contributed by atoms with van der Waals surface area (Å²) in [5.41, 5.74) is 5.97. The second-order valence-electron chi connectivity index (χ2n) is 3.66. The number of carbonyl (C=O) groups excluding carboxylic acids is 1. The molecule has 2 N–H and O–H groups in total. The van der Waals surface area contributed by atoms with Gasteiger partial charge in [-0.1, -0.05) is 0 Å². The Hall–Kier alpha value is -0.570. The first-order chi connectivity index (χ1) is 5.20. The van der Waals surface area contributed by atoms with Gasteiger partial charge in [0.15, 0.2) is 0 Å². The Labute approximate surface area is 65.9 Å². The molecule has 2 saturated carbocycles. The standard InChI is InChI=1S/C8H13NO2/c1-11-7(10)5-4-8(5)3-2-6(8)9/h5-6H,2-4,9H2,1H3. The molecule has 3 nitrogen and oxygen atoms in total. The first-order valence-corrected chi connectivity index (χ1v) is 4.04. The molecule has 2 fully saturated rings. The van der Waals surface area contributed by atoms with Crippen molar-refractivity contribution < 1.29 is 9.53 Å². The van der Waals surface area contributed by atoms with E-state index in [0.29, 0.717) is 0 Å². The van der Waals surface area contributed by atoms with Crippen LogP contribution in [0.15, 0.2) is 0 Å². The summed E-state index contributed by atoms with van der Waals surface area (Å²) >= 11 is 0. The number of carbonyl (C=O) groups is 1. The zero-order valence-corrected chi connectivity index (χ0v) is 6.67. The fourth-order valence-corrected chi connectivity index (χ4v) is 2.15. The molecule has 0 bridgehead atoms. The minimum Gasteiger partial charge on any atom is -0.469 e. The van der Waals surface area contributed by atoms with Gasteiger partial charge < -0.3 is 10.5 Å². The van der Waals surface area contributed by atoms with Gasteiger partial charge in [0.05, 0.1) is 13.0 Å². The second kappa shape index (κ2) is 1.97. The molecule has 11 heavy (non-hydrogen) atoms. The topological polar surface area (TPSA) is 52.3 Å². The average Bonchev–Trinajstić information content (AvgIpc) is 2.77. The third-order valence-electron chi connectivity index (χ3n) is 3.26. The van der Waals surface area contributed by atoms with Gasteiger partial charge in [0.25, 0.3) is 0 Å². The van der Waals surface area contributed by atoms with Gasteiger partial charge in [-0.15, -0.1) is 0 Å². The van der Waals surface area contributed by atoms with Crippen LogP contribution in [0.5, 0.6) is 0 Å². The van der Waals surface area contributed by atoms with Crippen molar-refractivity contribution in [2.75, 3.05) is 7.11 Å². The molecule has 0 aliphatic heterocycles. The third-order valence-corrected chi connectivity index (χ3v) is 3.26. The fraction of sp³-hybridized carbons (Fsp3) is 0.875. The molecule has 3 unspecified atom stereocenters. The Morgan fingerprint density at radius 1 is 1.73 bits per heavy atom. The van der Waals surface area contributed by atoms with Crippen LogP contribution in [0, 0.1) is 11.3 Å². The summed E-state index contributed by atoms with van der Waals surface area (Å²) in [4.78, 5) is 11.1. The Bertz CT molecular complexity index is 204. The maximum absolute atomic E-state index is 11.1. The summed E-state index contributed by atoms with van der Waals surface area (Å²) in [6.45, 7) is 0. The van der Waals surface area contributed by atoms with E-state index in [0.717, 1.165) is 19.3 Å². The van der Waals surface area contributed by atoms with Crippen molar-refractivity contribution in [3.8, 4) is 0 Å². The van der Waals surface area contributed by atoms with Crippen LogP contribution in [0.3, 0.4) is 0 Å². The Balaban J connectivity index is 1.99. The minimum absolute atomic E-state index is 0.0693. The summed E-state index contributed by atoms with van der Waals surface area (Å²) < 4.78 is 4.66. The zero-order chi connectivity index (χ0) is 8.06. The van der Waals surface area contributed by atoms with Crippen molar-refractivity contribution in [3.63, 3.8) is 0 Å². The van der Waals surface area contributed by atoms with Crippen LogP contribution in [0.2, 0.25) is 0 Å². The lowest BCUT2D eigenvalue weighted by molar-refractivity contribution is -0.143. The number of esters is 1. The zero-order valence-electron chi connectivity index (χ0n) is 6.67. The van der Waals surface area contributed by atoms with Gasteiger partial charge in [0, 0.05) is 6.04 Å². The summed E-state index contributed by atoms with van der Waals surface area (Å²) in [5, 5.41) is 0. The number of methoxy groups -OCH3 is 1. The van der Waals surface area contributed by atoms with E-state index in [1.54, 1.807) is 0 Å². The van der Waals surface area contributed by atoms with Gasteiger partial charge in [-0.05, 0) is 24.7 Å². The first kappa shape index (κ1) is 7.10. The highest BCUT2D eigenvalue weighted by molar-refractivity contribution is 5.77. The molecule has 3 heteroatoms. The third kappa shape index (κ3) is 0.745. The van der Waals surface area contributed by atoms with Crippen molar-refractivity contribution in [1.82, 2.24) is 0 Å². The lowest BCUT2D eigenvalue weighted by atomic mass is 9.75. The molecule has 0 saturated heterocycles. The first-order valence-electron chi connectivity index (χ1n) is 4.04. The maximum atomic E-state index is 11.1. The lowest BCUT2D eigenvalue weighted by Gasteiger charge is -2.34. The maximum Gasteiger partial charge on any atom is 0.309 e. The molecule has 0 radical (unpaired) electrons. The molecule has 0 aromatic rings. The summed E-state index contributed by atoms with van der Waals surface area (Å²) in [6.07, 6.45) is 3.16. The van der Waals surface area contributed by atoms with Gasteiger partial charge in [-0.3, -0.25) is 4.79 Å².